The summed E-state index contributed by atoms with van der Waals surface area (Å²) in [5.74, 6) is -0.492. The lowest BCUT2D eigenvalue weighted by Gasteiger charge is -2.40. The number of hydrogen-bond acceptors (Lipinski definition) is 4. The van der Waals surface area contributed by atoms with E-state index in [0.29, 0.717) is 26.2 Å². The Morgan fingerprint density at radius 3 is 3.04 bits per heavy atom. The highest BCUT2D eigenvalue weighted by molar-refractivity contribution is 5.82. The Balaban J connectivity index is 1.38. The summed E-state index contributed by atoms with van der Waals surface area (Å²) in [6.07, 6.45) is 3.12. The molecule has 0 bridgehead atoms. The Hall–Kier alpha value is -3.09. The summed E-state index contributed by atoms with van der Waals surface area (Å²) in [4.78, 5) is 20.1. The van der Waals surface area contributed by atoms with E-state index in [4.69, 9.17) is 4.42 Å². The molecule has 2 amide bonds. The van der Waals surface area contributed by atoms with Crippen LogP contribution in [-0.4, -0.2) is 41.6 Å². The van der Waals surface area contributed by atoms with Crippen LogP contribution in [0.15, 0.2) is 53.3 Å². The van der Waals surface area contributed by atoms with Gasteiger partial charge < -0.3 is 19.5 Å². The van der Waals surface area contributed by atoms with Gasteiger partial charge in [0.1, 0.15) is 5.58 Å². The van der Waals surface area contributed by atoms with Crippen LogP contribution in [0.3, 0.4) is 0 Å². The molecule has 7 heteroatoms. The molecule has 140 valence electrons. The van der Waals surface area contributed by atoms with Crippen molar-refractivity contribution < 1.29 is 13.6 Å². The van der Waals surface area contributed by atoms with Crippen molar-refractivity contribution in [2.45, 2.75) is 19.5 Å². The molecule has 0 aliphatic carbocycles. The fraction of sp³-hybridized carbons (Fsp3) is 0.300. The van der Waals surface area contributed by atoms with E-state index >= 15 is 0 Å². The topological polar surface area (TPSA) is 61.6 Å². The first-order valence-corrected chi connectivity index (χ1v) is 8.98. The third-order valence-electron chi connectivity index (χ3n) is 4.98. The molecular formula is C20H21FN4O2. The van der Waals surface area contributed by atoms with Crippen molar-refractivity contribution in [2.75, 3.05) is 24.5 Å². The fourth-order valence-corrected chi connectivity index (χ4v) is 3.57. The molecule has 1 aliphatic rings. The number of furan rings is 1. The van der Waals surface area contributed by atoms with Crippen molar-refractivity contribution in [3.8, 4) is 0 Å². The number of benzene rings is 1. The number of piperazine rings is 1. The first-order chi connectivity index (χ1) is 13.1. The van der Waals surface area contributed by atoms with Gasteiger partial charge in [0, 0.05) is 55.6 Å². The van der Waals surface area contributed by atoms with Gasteiger partial charge in [0.05, 0.1) is 6.26 Å². The molecule has 0 saturated carbocycles. The third kappa shape index (κ3) is 3.58. The number of anilines is 1. The van der Waals surface area contributed by atoms with E-state index in [-0.39, 0.29) is 12.1 Å². The van der Waals surface area contributed by atoms with E-state index in [0.717, 1.165) is 22.2 Å². The van der Waals surface area contributed by atoms with Crippen LogP contribution >= 0.6 is 0 Å². The lowest BCUT2D eigenvalue weighted by molar-refractivity contribution is 0.171. The lowest BCUT2D eigenvalue weighted by Crippen LogP contribution is -2.56. The lowest BCUT2D eigenvalue weighted by atomic mass is 10.1. The van der Waals surface area contributed by atoms with Gasteiger partial charge in [0.25, 0.3) is 0 Å². The highest BCUT2D eigenvalue weighted by atomic mass is 19.1. The predicted molar refractivity (Wildman–Crippen MR) is 101 cm³/mol. The monoisotopic (exact) mass is 368 g/mol. The van der Waals surface area contributed by atoms with Gasteiger partial charge in [-0.25, -0.2) is 9.78 Å². The van der Waals surface area contributed by atoms with Crippen molar-refractivity contribution in [3.05, 3.63) is 60.4 Å². The van der Waals surface area contributed by atoms with Crippen molar-refractivity contribution in [3.63, 3.8) is 0 Å². The summed E-state index contributed by atoms with van der Waals surface area (Å²) in [7, 11) is 0. The number of aromatic nitrogens is 1. The van der Waals surface area contributed by atoms with Gasteiger partial charge in [-0.05, 0) is 30.7 Å². The van der Waals surface area contributed by atoms with Crippen LogP contribution in [0, 0.1) is 5.95 Å². The molecule has 1 saturated heterocycles. The average molecular weight is 368 g/mol. The zero-order valence-corrected chi connectivity index (χ0v) is 15.1. The molecule has 3 aromatic rings. The predicted octanol–water partition coefficient (Wildman–Crippen LogP) is 3.39. The number of nitrogens with one attached hydrogen (secondary N) is 1. The molecule has 1 N–H and O–H groups in total. The Labute approximate surface area is 156 Å². The number of pyridine rings is 1. The summed E-state index contributed by atoms with van der Waals surface area (Å²) < 4.78 is 18.8. The average Bonchev–Trinajstić information content (AvgIpc) is 3.15. The standard InChI is InChI=1S/C20H21FN4O2/c1-14-13-24(16-5-7-22-19(21)11-16)8-9-25(14)20(26)23-12-15-3-2-4-18-17(15)6-10-27-18/h2-7,10-11,14H,8-9,12-13H2,1H3,(H,23,26)/t14-/m1/s1. The van der Waals surface area contributed by atoms with Gasteiger partial charge in [-0.15, -0.1) is 0 Å². The number of hydrogen-bond donors (Lipinski definition) is 1. The fourth-order valence-electron chi connectivity index (χ4n) is 3.57. The van der Waals surface area contributed by atoms with Crippen LogP contribution in [0.1, 0.15) is 12.5 Å². The van der Waals surface area contributed by atoms with E-state index in [1.54, 1.807) is 12.3 Å². The molecular weight excluding hydrogens is 347 g/mol. The minimum atomic E-state index is -0.492. The van der Waals surface area contributed by atoms with Gasteiger partial charge in [0.15, 0.2) is 0 Å². The molecule has 0 radical (unpaired) electrons. The number of carbonyl (C=O) groups is 1. The molecule has 2 aromatic heterocycles. The minimum Gasteiger partial charge on any atom is -0.464 e. The van der Waals surface area contributed by atoms with Crippen LogP contribution in [0.2, 0.25) is 0 Å². The van der Waals surface area contributed by atoms with Gasteiger partial charge in [-0.2, -0.15) is 4.39 Å². The van der Waals surface area contributed by atoms with Crippen LogP contribution in [0.25, 0.3) is 11.0 Å². The van der Waals surface area contributed by atoms with Gasteiger partial charge in [-0.3, -0.25) is 0 Å². The highest BCUT2D eigenvalue weighted by Gasteiger charge is 2.27. The Morgan fingerprint density at radius 2 is 2.22 bits per heavy atom. The second kappa shape index (κ2) is 7.26. The summed E-state index contributed by atoms with van der Waals surface area (Å²) in [6, 6.07) is 10.9. The van der Waals surface area contributed by atoms with E-state index in [1.165, 1.54) is 12.3 Å². The van der Waals surface area contributed by atoms with Crippen LogP contribution in [-0.2, 0) is 6.54 Å². The maximum absolute atomic E-state index is 13.4. The molecule has 0 unspecified atom stereocenters. The molecule has 1 aliphatic heterocycles. The zero-order valence-electron chi connectivity index (χ0n) is 15.1. The van der Waals surface area contributed by atoms with Crippen molar-refractivity contribution in [2.24, 2.45) is 0 Å². The number of urea groups is 1. The van der Waals surface area contributed by atoms with Gasteiger partial charge >= 0.3 is 6.03 Å². The normalized spacial score (nSPS) is 17.3. The zero-order chi connectivity index (χ0) is 18.8. The molecule has 1 aromatic carbocycles. The smallest absolute Gasteiger partial charge is 0.318 e. The molecule has 0 spiro atoms. The SMILES string of the molecule is C[C@@H]1CN(c2ccnc(F)c2)CCN1C(=O)NCc1cccc2occc12. The number of rotatable bonds is 3. The molecule has 6 nitrogen and oxygen atoms in total. The quantitative estimate of drug-likeness (QED) is 0.720. The summed E-state index contributed by atoms with van der Waals surface area (Å²) in [5, 5.41) is 4.01. The molecule has 1 fully saturated rings. The maximum Gasteiger partial charge on any atom is 0.318 e. The minimum absolute atomic E-state index is 0.0136. The van der Waals surface area contributed by atoms with Crippen molar-refractivity contribution >= 4 is 22.7 Å². The first-order valence-electron chi connectivity index (χ1n) is 8.98. The van der Waals surface area contributed by atoms with Crippen molar-refractivity contribution in [1.82, 2.24) is 15.2 Å². The highest BCUT2D eigenvalue weighted by Crippen LogP contribution is 2.21. The summed E-state index contributed by atoms with van der Waals surface area (Å²) in [5.41, 5.74) is 2.63. The number of carbonyl (C=O) groups excluding carboxylic acids is 1. The molecule has 27 heavy (non-hydrogen) atoms. The Kier molecular flexibility index (Phi) is 4.66. The van der Waals surface area contributed by atoms with E-state index in [1.807, 2.05) is 36.1 Å². The van der Waals surface area contributed by atoms with Gasteiger partial charge in [-0.1, -0.05) is 12.1 Å². The summed E-state index contributed by atoms with van der Waals surface area (Å²) in [6.45, 7) is 4.32. The second-order valence-corrected chi connectivity index (χ2v) is 6.73. The molecule has 4 rings (SSSR count). The van der Waals surface area contributed by atoms with E-state index < -0.39 is 5.95 Å². The first kappa shape index (κ1) is 17.3. The van der Waals surface area contributed by atoms with Crippen molar-refractivity contribution in [1.29, 1.82) is 0 Å². The largest absolute Gasteiger partial charge is 0.464 e. The summed E-state index contributed by atoms with van der Waals surface area (Å²) >= 11 is 0. The second-order valence-electron chi connectivity index (χ2n) is 6.73. The third-order valence-corrected chi connectivity index (χ3v) is 4.98. The molecule has 3 heterocycles. The Morgan fingerprint density at radius 1 is 1.33 bits per heavy atom. The number of amides is 2. The molecule has 1 atom stereocenters. The van der Waals surface area contributed by atoms with E-state index in [2.05, 4.69) is 15.2 Å². The van der Waals surface area contributed by atoms with Crippen LogP contribution in [0.4, 0.5) is 14.9 Å². The number of fused-ring (bicyclic) bond motifs is 1. The number of halogens is 1. The van der Waals surface area contributed by atoms with Crippen LogP contribution in [0.5, 0.6) is 0 Å². The number of nitrogens with zero attached hydrogens (tertiary/aromatic N) is 3. The van der Waals surface area contributed by atoms with E-state index in [9.17, 15) is 9.18 Å². The maximum atomic E-state index is 13.4. The Bertz CT molecular complexity index is 958. The van der Waals surface area contributed by atoms with Crippen LogP contribution < -0.4 is 10.2 Å². The van der Waals surface area contributed by atoms with Gasteiger partial charge in [0.2, 0.25) is 5.95 Å².